The number of nitrogens with two attached hydrogens (primary N) is 1. The average Bonchev–Trinajstić information content (AvgIpc) is 2.49. The molecule has 0 fully saturated rings. The molecule has 0 saturated heterocycles. The van der Waals surface area contributed by atoms with Crippen molar-refractivity contribution in [3.05, 3.63) is 22.8 Å². The summed E-state index contributed by atoms with van der Waals surface area (Å²) in [6, 6.07) is 2.06. The van der Waals surface area contributed by atoms with Crippen LogP contribution in [0.25, 0.3) is 0 Å². The van der Waals surface area contributed by atoms with Gasteiger partial charge in [-0.1, -0.05) is 6.92 Å². The Labute approximate surface area is 113 Å². The third kappa shape index (κ3) is 2.31. The molecule has 0 amide bonds. The van der Waals surface area contributed by atoms with E-state index in [1.54, 1.807) is 14.2 Å². The highest BCUT2D eigenvalue weighted by atomic mass is 32.2. The number of rotatable bonds is 2. The first-order valence-electron chi connectivity index (χ1n) is 6.20. The second kappa shape index (κ2) is 5.41. The van der Waals surface area contributed by atoms with E-state index >= 15 is 0 Å². The second-order valence-corrected chi connectivity index (χ2v) is 6.21. The normalized spacial score (nSPS) is 23.2. The van der Waals surface area contributed by atoms with Gasteiger partial charge in [0.15, 0.2) is 11.5 Å². The predicted octanol–water partition coefficient (Wildman–Crippen LogP) is 3.04. The van der Waals surface area contributed by atoms with Crippen molar-refractivity contribution in [3.63, 3.8) is 0 Å². The molecule has 2 N–H and O–H groups in total. The molecule has 1 aromatic rings. The van der Waals surface area contributed by atoms with E-state index < -0.39 is 0 Å². The summed E-state index contributed by atoms with van der Waals surface area (Å²) in [6.45, 7) is 4.35. The zero-order chi connectivity index (χ0) is 13.3. The molecule has 1 aliphatic rings. The monoisotopic (exact) mass is 267 g/mol. The number of fused-ring (bicyclic) bond motifs is 1. The van der Waals surface area contributed by atoms with Crippen LogP contribution in [0.4, 0.5) is 0 Å². The fourth-order valence-corrected chi connectivity index (χ4v) is 3.72. The Morgan fingerprint density at radius 3 is 2.67 bits per heavy atom. The molecule has 0 radical (unpaired) electrons. The molecule has 3 nitrogen and oxygen atoms in total. The van der Waals surface area contributed by atoms with Crippen LogP contribution in [0.1, 0.15) is 36.1 Å². The fraction of sp³-hybridized carbons (Fsp3) is 0.571. The van der Waals surface area contributed by atoms with Crippen molar-refractivity contribution in [3.8, 4) is 11.5 Å². The van der Waals surface area contributed by atoms with Crippen LogP contribution in [0.3, 0.4) is 0 Å². The van der Waals surface area contributed by atoms with Gasteiger partial charge in [-0.2, -0.15) is 11.8 Å². The lowest BCUT2D eigenvalue weighted by molar-refractivity contribution is 0.348. The first-order valence-corrected chi connectivity index (χ1v) is 7.24. The summed E-state index contributed by atoms with van der Waals surface area (Å²) in [5.41, 5.74) is 10.0. The van der Waals surface area contributed by atoms with Crippen LogP contribution in [-0.2, 0) is 5.75 Å². The van der Waals surface area contributed by atoms with Crippen LogP contribution in [0.15, 0.2) is 6.07 Å². The van der Waals surface area contributed by atoms with E-state index in [1.807, 2.05) is 17.8 Å². The van der Waals surface area contributed by atoms with Crippen molar-refractivity contribution < 1.29 is 9.47 Å². The number of ether oxygens (including phenoxy) is 2. The Morgan fingerprint density at radius 1 is 1.33 bits per heavy atom. The standard InChI is InChI=1S/C14H21NO2S/c1-8-5-12(16-3)14(17-4)13-10(8)7-18-9(2)6-11(13)15/h5,9,11H,6-7,15H2,1-4H3/t9?,11-/m1/s1. The van der Waals surface area contributed by atoms with Crippen molar-refractivity contribution in [2.24, 2.45) is 5.73 Å². The van der Waals surface area contributed by atoms with Crippen LogP contribution in [0.2, 0.25) is 0 Å². The number of hydrogen-bond acceptors (Lipinski definition) is 4. The maximum Gasteiger partial charge on any atom is 0.165 e. The lowest BCUT2D eigenvalue weighted by Crippen LogP contribution is -2.16. The van der Waals surface area contributed by atoms with Gasteiger partial charge >= 0.3 is 0 Å². The van der Waals surface area contributed by atoms with E-state index in [-0.39, 0.29) is 6.04 Å². The maximum absolute atomic E-state index is 6.36. The first-order chi connectivity index (χ1) is 8.58. The SMILES string of the molecule is COc1cc(C)c2c(c1OC)[C@H](N)CC(C)SC2. The topological polar surface area (TPSA) is 44.5 Å². The van der Waals surface area contributed by atoms with Crippen molar-refractivity contribution in [1.82, 2.24) is 0 Å². The molecule has 18 heavy (non-hydrogen) atoms. The van der Waals surface area contributed by atoms with Gasteiger partial charge in [-0.3, -0.25) is 0 Å². The highest BCUT2D eigenvalue weighted by Gasteiger charge is 2.27. The molecule has 0 aromatic heterocycles. The van der Waals surface area contributed by atoms with Crippen LogP contribution < -0.4 is 15.2 Å². The average molecular weight is 267 g/mol. The quantitative estimate of drug-likeness (QED) is 0.894. The van der Waals surface area contributed by atoms with Gasteiger partial charge in [0.2, 0.25) is 0 Å². The molecule has 1 aliphatic heterocycles. The minimum absolute atomic E-state index is 0.0220. The summed E-state index contributed by atoms with van der Waals surface area (Å²) < 4.78 is 10.9. The van der Waals surface area contributed by atoms with Gasteiger partial charge in [0.05, 0.1) is 14.2 Å². The zero-order valence-electron chi connectivity index (χ0n) is 11.4. The number of hydrogen-bond donors (Lipinski definition) is 1. The highest BCUT2D eigenvalue weighted by molar-refractivity contribution is 7.99. The van der Waals surface area contributed by atoms with Crippen LogP contribution in [0.5, 0.6) is 11.5 Å². The second-order valence-electron chi connectivity index (χ2n) is 4.79. The van der Waals surface area contributed by atoms with E-state index in [9.17, 15) is 0 Å². The third-order valence-corrected chi connectivity index (χ3v) is 4.73. The van der Waals surface area contributed by atoms with Crippen molar-refractivity contribution in [2.75, 3.05) is 14.2 Å². The molecule has 1 unspecified atom stereocenters. The van der Waals surface area contributed by atoms with E-state index in [1.165, 1.54) is 11.1 Å². The van der Waals surface area contributed by atoms with Gasteiger partial charge in [0.25, 0.3) is 0 Å². The molecule has 1 heterocycles. The number of aryl methyl sites for hydroxylation is 1. The van der Waals surface area contributed by atoms with Gasteiger partial charge in [0, 0.05) is 22.6 Å². The summed E-state index contributed by atoms with van der Waals surface area (Å²) in [5.74, 6) is 2.58. The summed E-state index contributed by atoms with van der Waals surface area (Å²) >= 11 is 1.96. The van der Waals surface area contributed by atoms with Crippen molar-refractivity contribution in [2.45, 2.75) is 37.3 Å². The van der Waals surface area contributed by atoms with Gasteiger partial charge in [-0.05, 0) is 30.5 Å². The lowest BCUT2D eigenvalue weighted by atomic mass is 9.93. The van der Waals surface area contributed by atoms with Gasteiger partial charge in [0.1, 0.15) is 0 Å². The molecular formula is C14H21NO2S. The number of benzene rings is 1. The van der Waals surface area contributed by atoms with Gasteiger partial charge < -0.3 is 15.2 Å². The van der Waals surface area contributed by atoms with E-state index in [0.717, 1.165) is 29.2 Å². The first kappa shape index (κ1) is 13.6. The third-order valence-electron chi connectivity index (χ3n) is 3.51. The Morgan fingerprint density at radius 2 is 2.06 bits per heavy atom. The molecule has 100 valence electrons. The van der Waals surface area contributed by atoms with Crippen molar-refractivity contribution >= 4 is 11.8 Å². The minimum atomic E-state index is 0.0220. The fourth-order valence-electron chi connectivity index (χ4n) is 2.55. The molecule has 0 spiro atoms. The van der Waals surface area contributed by atoms with Crippen LogP contribution >= 0.6 is 11.8 Å². The molecule has 1 aromatic carbocycles. The van der Waals surface area contributed by atoms with E-state index in [0.29, 0.717) is 5.25 Å². The maximum atomic E-state index is 6.36. The summed E-state index contributed by atoms with van der Waals surface area (Å²) in [5, 5.41) is 0.572. The summed E-state index contributed by atoms with van der Waals surface area (Å²) in [4.78, 5) is 0. The molecule has 4 heteroatoms. The number of methoxy groups -OCH3 is 2. The van der Waals surface area contributed by atoms with E-state index in [4.69, 9.17) is 15.2 Å². The van der Waals surface area contributed by atoms with Crippen LogP contribution in [0, 0.1) is 6.92 Å². The lowest BCUT2D eigenvalue weighted by Gasteiger charge is -2.21. The molecule has 2 atom stereocenters. The molecule has 0 bridgehead atoms. The zero-order valence-corrected chi connectivity index (χ0v) is 12.3. The Kier molecular flexibility index (Phi) is 4.07. The summed E-state index contributed by atoms with van der Waals surface area (Å²) in [7, 11) is 3.35. The van der Waals surface area contributed by atoms with Crippen LogP contribution in [-0.4, -0.2) is 19.5 Å². The van der Waals surface area contributed by atoms with E-state index in [2.05, 4.69) is 13.8 Å². The molecule has 0 aliphatic carbocycles. The Balaban J connectivity index is 2.62. The number of thioether (sulfide) groups is 1. The smallest absolute Gasteiger partial charge is 0.165 e. The minimum Gasteiger partial charge on any atom is -0.493 e. The molecule has 0 saturated carbocycles. The van der Waals surface area contributed by atoms with Gasteiger partial charge in [-0.15, -0.1) is 0 Å². The Bertz CT molecular complexity index is 448. The van der Waals surface area contributed by atoms with Crippen molar-refractivity contribution in [1.29, 1.82) is 0 Å². The highest BCUT2D eigenvalue weighted by Crippen LogP contribution is 2.44. The summed E-state index contributed by atoms with van der Waals surface area (Å²) in [6.07, 6.45) is 0.973. The molecular weight excluding hydrogens is 246 g/mol. The Hall–Kier alpha value is -0.870. The predicted molar refractivity (Wildman–Crippen MR) is 76.6 cm³/mol. The van der Waals surface area contributed by atoms with Gasteiger partial charge in [-0.25, -0.2) is 0 Å². The molecule has 2 rings (SSSR count). The largest absolute Gasteiger partial charge is 0.493 e.